The highest BCUT2D eigenvalue weighted by Gasteiger charge is 2.23. The number of nitrogens with zero attached hydrogens (tertiary/aromatic N) is 1. The molecule has 0 heterocycles. The molecule has 0 aliphatic rings. The Labute approximate surface area is 361 Å². The molecule has 5 unspecified atom stereocenters. The van der Waals surface area contributed by atoms with E-state index in [1.165, 1.54) is 135 Å². The van der Waals surface area contributed by atoms with Crippen molar-refractivity contribution in [3.05, 3.63) is 0 Å². The fourth-order valence-electron chi connectivity index (χ4n) is 7.97. The zero-order chi connectivity index (χ0) is 42.6. The lowest BCUT2D eigenvalue weighted by atomic mass is 10.0. The molecule has 0 aromatic carbocycles. The Kier molecular flexibility index (Phi) is 45.9. The summed E-state index contributed by atoms with van der Waals surface area (Å²) in [5, 5.41) is 50.2. The summed E-state index contributed by atoms with van der Waals surface area (Å²) in [6.07, 6.45) is 33.0. The van der Waals surface area contributed by atoms with Crippen LogP contribution in [-0.4, -0.2) is 121 Å². The maximum absolute atomic E-state index is 11.2. The summed E-state index contributed by atoms with van der Waals surface area (Å²) in [4.78, 5) is 2.23. The van der Waals surface area contributed by atoms with Crippen molar-refractivity contribution in [2.75, 3.05) is 65.6 Å². The standard InChI is InChI=1S/C49H103N3O6/c1-5-9-12-15-18-21-24-27-31-45(53)40-49(58-39-36-50-34-37-57-38-35-51-41-46(54)30-8-4)44-52(42-47(55)32-28-25-22-19-16-13-10-6-2)43-48(56)33-29-26-23-20-17-14-11-7-3/h45-51,53-56H,5-44H2,1-4H3. The number of aliphatic hydroxyl groups is 4. The van der Waals surface area contributed by atoms with E-state index in [1.54, 1.807) is 0 Å². The van der Waals surface area contributed by atoms with Gasteiger partial charge in [-0.25, -0.2) is 0 Å². The molecule has 0 aromatic heterocycles. The van der Waals surface area contributed by atoms with E-state index < -0.39 is 18.3 Å². The van der Waals surface area contributed by atoms with E-state index in [1.807, 2.05) is 0 Å². The lowest BCUT2D eigenvalue weighted by molar-refractivity contribution is -0.0236. The largest absolute Gasteiger partial charge is 0.393 e. The van der Waals surface area contributed by atoms with Gasteiger partial charge >= 0.3 is 0 Å². The molecule has 0 radical (unpaired) electrons. The first kappa shape index (κ1) is 57.6. The van der Waals surface area contributed by atoms with Crippen molar-refractivity contribution in [2.24, 2.45) is 0 Å². The quantitative estimate of drug-likeness (QED) is 0.0332. The number of ether oxygens (including phenoxy) is 2. The fraction of sp³-hybridized carbons (Fsp3) is 1.00. The first-order valence-electron chi connectivity index (χ1n) is 25.4. The summed E-state index contributed by atoms with van der Waals surface area (Å²) in [5.74, 6) is 0. The van der Waals surface area contributed by atoms with E-state index in [4.69, 9.17) is 9.47 Å². The van der Waals surface area contributed by atoms with Crippen LogP contribution in [0.3, 0.4) is 0 Å². The highest BCUT2D eigenvalue weighted by molar-refractivity contribution is 4.76. The van der Waals surface area contributed by atoms with Crippen LogP contribution in [-0.2, 0) is 9.47 Å². The molecule has 5 atom stereocenters. The van der Waals surface area contributed by atoms with Crippen LogP contribution in [0.5, 0.6) is 0 Å². The van der Waals surface area contributed by atoms with E-state index in [0.29, 0.717) is 59.0 Å². The second-order valence-corrected chi connectivity index (χ2v) is 17.7. The Hall–Kier alpha value is -0.360. The van der Waals surface area contributed by atoms with Crippen molar-refractivity contribution in [2.45, 2.75) is 251 Å². The van der Waals surface area contributed by atoms with Crippen LogP contribution in [0.4, 0.5) is 0 Å². The maximum Gasteiger partial charge on any atom is 0.0727 e. The SMILES string of the molecule is CCCCCCCCCCC(O)CC(CN(CC(O)CCCCCCCCCC)CC(O)CCCCCCCCCC)OCCNCCOCCNCC(O)CCC. The van der Waals surface area contributed by atoms with E-state index >= 15 is 0 Å². The van der Waals surface area contributed by atoms with Crippen LogP contribution in [0.25, 0.3) is 0 Å². The van der Waals surface area contributed by atoms with Crippen LogP contribution >= 0.6 is 0 Å². The highest BCUT2D eigenvalue weighted by Crippen LogP contribution is 2.18. The molecule has 0 saturated carbocycles. The number of hydrogen-bond acceptors (Lipinski definition) is 9. The fourth-order valence-corrected chi connectivity index (χ4v) is 7.97. The lowest BCUT2D eigenvalue weighted by Gasteiger charge is -2.32. The van der Waals surface area contributed by atoms with Gasteiger partial charge in [0.15, 0.2) is 0 Å². The number of aliphatic hydroxyl groups excluding tert-OH is 4. The van der Waals surface area contributed by atoms with Gasteiger partial charge < -0.3 is 40.5 Å². The highest BCUT2D eigenvalue weighted by atomic mass is 16.5. The molecular formula is C49H103N3O6. The molecular weight excluding hydrogens is 727 g/mol. The third-order valence-corrected chi connectivity index (χ3v) is 11.6. The molecule has 0 amide bonds. The Morgan fingerprint density at radius 1 is 0.397 bits per heavy atom. The molecule has 0 fully saturated rings. The van der Waals surface area contributed by atoms with E-state index in [-0.39, 0.29) is 12.2 Å². The minimum Gasteiger partial charge on any atom is -0.393 e. The number of nitrogens with one attached hydrogen (secondary N) is 2. The average molecular weight is 830 g/mol. The molecule has 0 aliphatic heterocycles. The van der Waals surface area contributed by atoms with Gasteiger partial charge in [-0.1, -0.05) is 188 Å². The van der Waals surface area contributed by atoms with E-state index in [2.05, 4.69) is 43.2 Å². The van der Waals surface area contributed by atoms with Crippen LogP contribution in [0, 0.1) is 0 Å². The minimum atomic E-state index is -0.434. The molecule has 0 saturated heterocycles. The van der Waals surface area contributed by atoms with Crippen molar-refractivity contribution in [3.8, 4) is 0 Å². The second kappa shape index (κ2) is 46.2. The van der Waals surface area contributed by atoms with Crippen molar-refractivity contribution in [1.82, 2.24) is 15.5 Å². The lowest BCUT2D eigenvalue weighted by Crippen LogP contribution is -2.44. The van der Waals surface area contributed by atoms with E-state index in [0.717, 1.165) is 64.5 Å². The summed E-state index contributed by atoms with van der Waals surface area (Å²) in [5.41, 5.74) is 0. The summed E-state index contributed by atoms with van der Waals surface area (Å²) < 4.78 is 12.2. The molecule has 0 bridgehead atoms. The zero-order valence-electron chi connectivity index (χ0n) is 39.2. The molecule has 9 heteroatoms. The Balaban J connectivity index is 5.16. The molecule has 0 aromatic rings. The summed E-state index contributed by atoms with van der Waals surface area (Å²) in [7, 11) is 0. The van der Waals surface area contributed by atoms with Gasteiger partial charge in [0, 0.05) is 52.2 Å². The molecule has 9 nitrogen and oxygen atoms in total. The van der Waals surface area contributed by atoms with Gasteiger partial charge in [-0.05, 0) is 25.7 Å². The van der Waals surface area contributed by atoms with Crippen molar-refractivity contribution >= 4 is 0 Å². The van der Waals surface area contributed by atoms with Gasteiger partial charge in [-0.15, -0.1) is 0 Å². The molecule has 58 heavy (non-hydrogen) atoms. The van der Waals surface area contributed by atoms with Crippen LogP contribution < -0.4 is 10.6 Å². The molecule has 0 aliphatic carbocycles. The first-order valence-corrected chi connectivity index (χ1v) is 25.4. The van der Waals surface area contributed by atoms with Gasteiger partial charge in [0.1, 0.15) is 0 Å². The molecule has 0 rings (SSSR count). The third-order valence-electron chi connectivity index (χ3n) is 11.6. The van der Waals surface area contributed by atoms with Gasteiger partial charge in [0.25, 0.3) is 0 Å². The van der Waals surface area contributed by atoms with Crippen LogP contribution in [0.1, 0.15) is 220 Å². The second-order valence-electron chi connectivity index (χ2n) is 17.7. The number of hydrogen-bond donors (Lipinski definition) is 6. The summed E-state index contributed by atoms with van der Waals surface area (Å²) in [6.45, 7) is 15.0. The van der Waals surface area contributed by atoms with Crippen molar-refractivity contribution in [3.63, 3.8) is 0 Å². The monoisotopic (exact) mass is 830 g/mol. The summed E-state index contributed by atoms with van der Waals surface area (Å²) >= 11 is 0. The zero-order valence-corrected chi connectivity index (χ0v) is 39.2. The molecule has 350 valence electrons. The van der Waals surface area contributed by atoms with Gasteiger partial charge in [-0.3, -0.25) is 4.90 Å². The third kappa shape index (κ3) is 42.3. The normalized spacial score (nSPS) is 14.6. The minimum absolute atomic E-state index is 0.179. The van der Waals surface area contributed by atoms with Gasteiger partial charge in [-0.2, -0.15) is 0 Å². The number of rotatable bonds is 49. The number of unbranched alkanes of at least 4 members (excludes halogenated alkanes) is 21. The maximum atomic E-state index is 11.2. The van der Waals surface area contributed by atoms with Crippen molar-refractivity contribution in [1.29, 1.82) is 0 Å². The Bertz CT molecular complexity index is 755. The van der Waals surface area contributed by atoms with E-state index in [9.17, 15) is 20.4 Å². The predicted molar refractivity (Wildman–Crippen MR) is 248 cm³/mol. The van der Waals surface area contributed by atoms with Crippen molar-refractivity contribution < 1.29 is 29.9 Å². The Morgan fingerprint density at radius 2 is 0.793 bits per heavy atom. The van der Waals surface area contributed by atoms with Gasteiger partial charge in [0.05, 0.1) is 50.3 Å². The first-order chi connectivity index (χ1) is 28.4. The summed E-state index contributed by atoms with van der Waals surface area (Å²) in [6, 6.07) is 0. The predicted octanol–water partition coefficient (Wildman–Crippen LogP) is 10.1. The molecule has 0 spiro atoms. The molecule has 6 N–H and O–H groups in total. The van der Waals surface area contributed by atoms with Crippen LogP contribution in [0.15, 0.2) is 0 Å². The smallest absolute Gasteiger partial charge is 0.0727 e. The van der Waals surface area contributed by atoms with Gasteiger partial charge in [0.2, 0.25) is 0 Å². The van der Waals surface area contributed by atoms with Crippen LogP contribution in [0.2, 0.25) is 0 Å². The Morgan fingerprint density at radius 3 is 1.24 bits per heavy atom. The average Bonchev–Trinajstić information content (AvgIpc) is 3.20. The topological polar surface area (TPSA) is 127 Å².